The van der Waals surface area contributed by atoms with E-state index in [0.29, 0.717) is 43.3 Å². The van der Waals surface area contributed by atoms with Gasteiger partial charge in [-0.05, 0) is 67.1 Å². The molecule has 208 valence electrons. The van der Waals surface area contributed by atoms with Gasteiger partial charge in [0, 0.05) is 57.1 Å². The van der Waals surface area contributed by atoms with Crippen LogP contribution in [0.25, 0.3) is 11.0 Å². The summed E-state index contributed by atoms with van der Waals surface area (Å²) >= 11 is 0. The smallest absolute Gasteiger partial charge is 0.270 e. The summed E-state index contributed by atoms with van der Waals surface area (Å²) in [5.41, 5.74) is 5.62. The standard InChI is InChI=1S/C31H36N6O3/c1-20(2)25-17-22(9-8-21(25)3)34-31-35-26-18-23(10-11-28(26)36(31)4)40-24-12-14-32-27(19-24)30(39)33-13-6-16-37-15-5-7-29(37)38/h8-12,14,17-20H,5-7,13,15-16H2,1-4H3,(H,33,39)(H,34,35). The van der Waals surface area contributed by atoms with E-state index >= 15 is 0 Å². The molecule has 2 N–H and O–H groups in total. The van der Waals surface area contributed by atoms with Gasteiger partial charge in [-0.25, -0.2) is 4.98 Å². The Morgan fingerprint density at radius 1 is 1.10 bits per heavy atom. The number of nitrogens with zero attached hydrogens (tertiary/aromatic N) is 4. The van der Waals surface area contributed by atoms with Crippen LogP contribution in [0, 0.1) is 6.92 Å². The van der Waals surface area contributed by atoms with Gasteiger partial charge in [-0.1, -0.05) is 19.9 Å². The third-order valence-corrected chi connectivity index (χ3v) is 7.27. The second-order valence-corrected chi connectivity index (χ2v) is 10.6. The highest BCUT2D eigenvalue weighted by Gasteiger charge is 2.19. The van der Waals surface area contributed by atoms with Crippen molar-refractivity contribution in [1.29, 1.82) is 0 Å². The van der Waals surface area contributed by atoms with Crippen LogP contribution in [0.3, 0.4) is 0 Å². The van der Waals surface area contributed by atoms with Gasteiger partial charge >= 0.3 is 0 Å². The maximum absolute atomic E-state index is 12.6. The third kappa shape index (κ3) is 6.09. The summed E-state index contributed by atoms with van der Waals surface area (Å²) in [6.45, 7) is 8.47. The zero-order valence-corrected chi connectivity index (χ0v) is 23.5. The normalized spacial score (nSPS) is 13.3. The molecule has 0 saturated carbocycles. The number of anilines is 2. The average Bonchev–Trinajstić information content (AvgIpc) is 3.49. The molecule has 1 saturated heterocycles. The zero-order chi connectivity index (χ0) is 28.2. The molecule has 9 heteroatoms. The number of nitrogens with one attached hydrogen (secondary N) is 2. The molecule has 5 rings (SSSR count). The van der Waals surface area contributed by atoms with Gasteiger partial charge < -0.3 is 24.8 Å². The maximum Gasteiger partial charge on any atom is 0.270 e. The van der Waals surface area contributed by atoms with E-state index < -0.39 is 0 Å². The Morgan fingerprint density at radius 2 is 1.93 bits per heavy atom. The lowest BCUT2D eigenvalue weighted by Gasteiger charge is -2.15. The lowest BCUT2D eigenvalue weighted by molar-refractivity contribution is -0.127. The molecule has 1 aliphatic heterocycles. The minimum Gasteiger partial charge on any atom is -0.457 e. The Bertz CT molecular complexity index is 1540. The molecular formula is C31H36N6O3. The number of likely N-dealkylation sites (tertiary alicyclic amines) is 1. The first-order chi connectivity index (χ1) is 19.3. The lowest BCUT2D eigenvalue weighted by Crippen LogP contribution is -2.30. The van der Waals surface area contributed by atoms with E-state index in [1.165, 1.54) is 11.1 Å². The van der Waals surface area contributed by atoms with E-state index in [-0.39, 0.29) is 17.5 Å². The lowest BCUT2D eigenvalue weighted by atomic mass is 9.97. The first kappa shape index (κ1) is 27.2. The van der Waals surface area contributed by atoms with Crippen molar-refractivity contribution >= 4 is 34.5 Å². The number of hydrogen-bond donors (Lipinski definition) is 2. The van der Waals surface area contributed by atoms with Crippen LogP contribution in [0.1, 0.15) is 60.6 Å². The Kier molecular flexibility index (Phi) is 8.00. The molecule has 0 atom stereocenters. The van der Waals surface area contributed by atoms with E-state index in [1.54, 1.807) is 18.3 Å². The van der Waals surface area contributed by atoms with Gasteiger partial charge in [-0.3, -0.25) is 14.6 Å². The number of carbonyl (C=O) groups excluding carboxylic acids is 2. The van der Waals surface area contributed by atoms with Gasteiger partial charge in [0.2, 0.25) is 11.9 Å². The molecule has 9 nitrogen and oxygen atoms in total. The number of aromatic nitrogens is 3. The van der Waals surface area contributed by atoms with Crippen molar-refractivity contribution in [3.63, 3.8) is 0 Å². The third-order valence-electron chi connectivity index (χ3n) is 7.27. The van der Waals surface area contributed by atoms with Crippen LogP contribution in [0.15, 0.2) is 54.7 Å². The topological polar surface area (TPSA) is 101 Å². The number of aryl methyl sites for hydroxylation is 2. The average molecular weight is 541 g/mol. The number of hydrogen-bond acceptors (Lipinski definition) is 6. The number of fused-ring (bicyclic) bond motifs is 1. The molecule has 0 unspecified atom stereocenters. The summed E-state index contributed by atoms with van der Waals surface area (Å²) in [4.78, 5) is 35.2. The molecule has 2 aromatic carbocycles. The minimum absolute atomic E-state index is 0.195. The Hall–Kier alpha value is -4.40. The summed E-state index contributed by atoms with van der Waals surface area (Å²) < 4.78 is 8.09. The summed E-state index contributed by atoms with van der Waals surface area (Å²) in [7, 11) is 1.98. The van der Waals surface area contributed by atoms with Gasteiger partial charge in [0.15, 0.2) is 0 Å². The molecule has 1 fully saturated rings. The number of ether oxygens (including phenoxy) is 1. The summed E-state index contributed by atoms with van der Waals surface area (Å²) in [6, 6.07) is 15.5. The molecule has 0 aliphatic carbocycles. The van der Waals surface area contributed by atoms with Crippen LogP contribution in [0.2, 0.25) is 0 Å². The fourth-order valence-corrected chi connectivity index (χ4v) is 5.06. The van der Waals surface area contributed by atoms with Crippen LogP contribution in [-0.2, 0) is 11.8 Å². The monoisotopic (exact) mass is 540 g/mol. The molecular weight excluding hydrogens is 504 g/mol. The Morgan fingerprint density at radius 3 is 2.70 bits per heavy atom. The van der Waals surface area contributed by atoms with Gasteiger partial charge in [-0.2, -0.15) is 0 Å². The van der Waals surface area contributed by atoms with Crippen molar-refractivity contribution in [2.75, 3.05) is 25.0 Å². The molecule has 3 heterocycles. The number of amides is 2. The molecule has 4 aromatic rings. The number of rotatable bonds is 10. The molecule has 0 radical (unpaired) electrons. The number of pyridine rings is 1. The Labute approximate surface area is 234 Å². The van der Waals surface area contributed by atoms with Crippen molar-refractivity contribution in [2.24, 2.45) is 7.05 Å². The second-order valence-electron chi connectivity index (χ2n) is 10.6. The molecule has 1 aliphatic rings. The van der Waals surface area contributed by atoms with Gasteiger partial charge in [0.25, 0.3) is 5.91 Å². The zero-order valence-electron chi connectivity index (χ0n) is 23.5. The second kappa shape index (κ2) is 11.8. The van der Waals surface area contributed by atoms with E-state index in [1.807, 2.05) is 34.7 Å². The summed E-state index contributed by atoms with van der Waals surface area (Å²) in [5.74, 6) is 2.22. The van der Waals surface area contributed by atoms with Crippen LogP contribution in [0.4, 0.5) is 11.6 Å². The van der Waals surface area contributed by atoms with E-state index in [9.17, 15) is 9.59 Å². The number of benzene rings is 2. The molecule has 0 bridgehead atoms. The number of carbonyl (C=O) groups is 2. The van der Waals surface area contributed by atoms with E-state index in [2.05, 4.69) is 54.6 Å². The van der Waals surface area contributed by atoms with Gasteiger partial charge in [0.05, 0.1) is 11.0 Å². The predicted molar refractivity (Wildman–Crippen MR) is 156 cm³/mol. The quantitative estimate of drug-likeness (QED) is 0.251. The van der Waals surface area contributed by atoms with Crippen molar-refractivity contribution < 1.29 is 14.3 Å². The van der Waals surface area contributed by atoms with Crippen molar-refractivity contribution in [3.8, 4) is 11.5 Å². The highest BCUT2D eigenvalue weighted by molar-refractivity contribution is 5.92. The highest BCUT2D eigenvalue weighted by Crippen LogP contribution is 2.29. The van der Waals surface area contributed by atoms with Crippen LogP contribution in [-0.4, -0.2) is 50.9 Å². The number of imidazole rings is 1. The molecule has 40 heavy (non-hydrogen) atoms. The fraction of sp³-hybridized carbons (Fsp3) is 0.355. The Balaban J connectivity index is 1.23. The highest BCUT2D eigenvalue weighted by atomic mass is 16.5. The van der Waals surface area contributed by atoms with Crippen LogP contribution < -0.4 is 15.4 Å². The van der Waals surface area contributed by atoms with E-state index in [4.69, 9.17) is 9.72 Å². The SMILES string of the molecule is Cc1ccc(Nc2nc3cc(Oc4ccnc(C(=O)NCCCN5CCCC5=O)c4)ccc3n2C)cc1C(C)C. The van der Waals surface area contributed by atoms with Gasteiger partial charge in [0.1, 0.15) is 17.2 Å². The predicted octanol–water partition coefficient (Wildman–Crippen LogP) is 5.68. The maximum atomic E-state index is 12.6. The van der Waals surface area contributed by atoms with Crippen molar-refractivity contribution in [1.82, 2.24) is 24.8 Å². The first-order valence-corrected chi connectivity index (χ1v) is 13.8. The van der Waals surface area contributed by atoms with Crippen molar-refractivity contribution in [2.45, 2.75) is 46.0 Å². The van der Waals surface area contributed by atoms with Crippen molar-refractivity contribution in [3.05, 3.63) is 71.5 Å². The minimum atomic E-state index is -0.272. The summed E-state index contributed by atoms with van der Waals surface area (Å²) in [5, 5.41) is 6.33. The van der Waals surface area contributed by atoms with E-state index in [0.717, 1.165) is 35.6 Å². The fourth-order valence-electron chi connectivity index (χ4n) is 5.06. The molecule has 2 amide bonds. The first-order valence-electron chi connectivity index (χ1n) is 13.8. The largest absolute Gasteiger partial charge is 0.457 e. The van der Waals surface area contributed by atoms with Gasteiger partial charge in [-0.15, -0.1) is 0 Å². The molecule has 0 spiro atoms. The van der Waals surface area contributed by atoms with Crippen LogP contribution >= 0.6 is 0 Å². The van der Waals surface area contributed by atoms with Crippen LogP contribution in [0.5, 0.6) is 11.5 Å². The molecule has 2 aromatic heterocycles. The summed E-state index contributed by atoms with van der Waals surface area (Å²) in [6.07, 6.45) is 3.81.